The Morgan fingerprint density at radius 2 is 1.94 bits per heavy atom. The van der Waals surface area contributed by atoms with Crippen molar-refractivity contribution in [2.24, 2.45) is 0 Å². The van der Waals surface area contributed by atoms with Crippen LogP contribution in [0, 0.1) is 6.92 Å². The first-order chi connectivity index (χ1) is 8.00. The second kappa shape index (κ2) is 4.10. The van der Waals surface area contributed by atoms with E-state index in [9.17, 15) is 9.59 Å². The van der Waals surface area contributed by atoms with Crippen molar-refractivity contribution in [3.8, 4) is 5.69 Å². The summed E-state index contributed by atoms with van der Waals surface area (Å²) in [5.74, 6) is -1.16. The van der Waals surface area contributed by atoms with E-state index in [1.165, 1.54) is 4.57 Å². The number of aromatic carboxylic acids is 1. The van der Waals surface area contributed by atoms with Gasteiger partial charge < -0.3 is 5.11 Å². The molecule has 0 amide bonds. The first kappa shape index (κ1) is 11.5. The maximum Gasteiger partial charge on any atom is 0.354 e. The molecule has 0 saturated heterocycles. The minimum Gasteiger partial charge on any atom is -0.477 e. The van der Waals surface area contributed by atoms with E-state index in [0.29, 0.717) is 16.4 Å². The third-order valence-electron chi connectivity index (χ3n) is 2.43. The Labute approximate surface area is 101 Å². The van der Waals surface area contributed by atoms with Crippen molar-refractivity contribution in [3.63, 3.8) is 0 Å². The molecule has 0 unspecified atom stereocenters. The van der Waals surface area contributed by atoms with Gasteiger partial charge in [-0.2, -0.15) is 0 Å². The van der Waals surface area contributed by atoms with E-state index in [0.717, 1.165) is 0 Å². The number of rotatable bonds is 2. The summed E-state index contributed by atoms with van der Waals surface area (Å²) in [7, 11) is 0. The quantitative estimate of drug-likeness (QED) is 0.856. The van der Waals surface area contributed by atoms with Crippen LogP contribution in [0.1, 0.15) is 16.2 Å². The Morgan fingerprint density at radius 3 is 2.41 bits per heavy atom. The van der Waals surface area contributed by atoms with Crippen LogP contribution >= 0.6 is 11.6 Å². The normalized spacial score (nSPS) is 10.5. The number of carbonyl (C=O) groups is 1. The highest BCUT2D eigenvalue weighted by molar-refractivity contribution is 6.30. The Kier molecular flexibility index (Phi) is 2.77. The summed E-state index contributed by atoms with van der Waals surface area (Å²) in [4.78, 5) is 24.8. The number of H-pyrrole nitrogens is 1. The Bertz CT molecular complexity index is 625. The molecule has 0 atom stereocenters. The molecule has 0 saturated carbocycles. The van der Waals surface area contributed by atoms with E-state index in [1.54, 1.807) is 31.2 Å². The fraction of sp³-hybridized carbons (Fsp3) is 0.0909. The molecule has 6 heteroatoms. The number of imidazole rings is 1. The van der Waals surface area contributed by atoms with Gasteiger partial charge in [0.05, 0.1) is 11.4 Å². The zero-order chi connectivity index (χ0) is 12.6. The van der Waals surface area contributed by atoms with Crippen LogP contribution in [0.4, 0.5) is 0 Å². The molecule has 17 heavy (non-hydrogen) atoms. The highest BCUT2D eigenvalue weighted by Crippen LogP contribution is 2.14. The van der Waals surface area contributed by atoms with Crippen molar-refractivity contribution < 1.29 is 9.90 Å². The number of halogens is 1. The van der Waals surface area contributed by atoms with Gasteiger partial charge in [0.1, 0.15) is 5.69 Å². The molecule has 1 aromatic heterocycles. The van der Waals surface area contributed by atoms with Crippen molar-refractivity contribution in [2.45, 2.75) is 6.92 Å². The molecule has 5 nitrogen and oxygen atoms in total. The number of aromatic amines is 1. The molecule has 0 spiro atoms. The Hall–Kier alpha value is -2.01. The van der Waals surface area contributed by atoms with Gasteiger partial charge >= 0.3 is 11.7 Å². The van der Waals surface area contributed by atoms with E-state index in [1.807, 2.05) is 0 Å². The molecule has 2 N–H and O–H groups in total. The lowest BCUT2D eigenvalue weighted by Gasteiger charge is -2.03. The fourth-order valence-corrected chi connectivity index (χ4v) is 1.75. The van der Waals surface area contributed by atoms with Gasteiger partial charge in [-0.05, 0) is 31.2 Å². The van der Waals surface area contributed by atoms with Crippen LogP contribution in [0.5, 0.6) is 0 Å². The predicted octanol–water partition coefficient (Wildman–Crippen LogP) is 1.83. The average molecular weight is 253 g/mol. The van der Waals surface area contributed by atoms with E-state index in [2.05, 4.69) is 4.98 Å². The molecule has 1 heterocycles. The highest BCUT2D eigenvalue weighted by Gasteiger charge is 2.16. The Balaban J connectivity index is 2.64. The second-order valence-electron chi connectivity index (χ2n) is 3.51. The van der Waals surface area contributed by atoms with Gasteiger partial charge in [-0.1, -0.05) is 11.6 Å². The Morgan fingerprint density at radius 1 is 1.35 bits per heavy atom. The molecule has 1 aromatic carbocycles. The summed E-state index contributed by atoms with van der Waals surface area (Å²) in [6.07, 6.45) is 0. The number of nitrogens with one attached hydrogen (secondary N) is 1. The number of carboxylic acid groups (broad SMARTS) is 1. The molecule has 0 aliphatic heterocycles. The molecule has 2 aromatic rings. The minimum absolute atomic E-state index is 0.107. The lowest BCUT2D eigenvalue weighted by molar-refractivity contribution is 0.0690. The van der Waals surface area contributed by atoms with Gasteiger partial charge in [0.15, 0.2) is 0 Å². The smallest absolute Gasteiger partial charge is 0.354 e. The van der Waals surface area contributed by atoms with E-state index in [-0.39, 0.29) is 5.69 Å². The first-order valence-corrected chi connectivity index (χ1v) is 5.19. The maximum atomic E-state index is 11.7. The monoisotopic (exact) mass is 252 g/mol. The molecule has 0 aliphatic carbocycles. The van der Waals surface area contributed by atoms with Gasteiger partial charge in [-0.15, -0.1) is 0 Å². The minimum atomic E-state index is -1.16. The SMILES string of the molecule is Cc1c(C(=O)O)[nH]c(=O)n1-c1ccc(Cl)cc1. The molecule has 0 radical (unpaired) electrons. The van der Waals surface area contributed by atoms with Crippen molar-refractivity contribution in [3.05, 3.63) is 51.2 Å². The maximum absolute atomic E-state index is 11.7. The molecular formula is C11H9ClN2O3. The average Bonchev–Trinajstić information content (AvgIpc) is 2.56. The molecule has 2 rings (SSSR count). The van der Waals surface area contributed by atoms with Crippen LogP contribution < -0.4 is 5.69 Å². The van der Waals surface area contributed by atoms with Crippen LogP contribution in [-0.4, -0.2) is 20.6 Å². The highest BCUT2D eigenvalue weighted by atomic mass is 35.5. The van der Waals surface area contributed by atoms with Gasteiger partial charge in [0, 0.05) is 5.02 Å². The van der Waals surface area contributed by atoms with Gasteiger partial charge in [-0.3, -0.25) is 9.55 Å². The summed E-state index contributed by atoms with van der Waals surface area (Å²) in [6, 6.07) is 6.57. The molecule has 0 bridgehead atoms. The van der Waals surface area contributed by atoms with E-state index < -0.39 is 11.7 Å². The van der Waals surface area contributed by atoms with Crippen LogP contribution in [-0.2, 0) is 0 Å². The van der Waals surface area contributed by atoms with E-state index in [4.69, 9.17) is 16.7 Å². The van der Waals surface area contributed by atoms with Crippen molar-refractivity contribution in [1.29, 1.82) is 0 Å². The van der Waals surface area contributed by atoms with Gasteiger partial charge in [0.25, 0.3) is 0 Å². The second-order valence-corrected chi connectivity index (χ2v) is 3.94. The van der Waals surface area contributed by atoms with Crippen LogP contribution in [0.15, 0.2) is 29.1 Å². The zero-order valence-electron chi connectivity index (χ0n) is 8.90. The standard InChI is InChI=1S/C11H9ClN2O3/c1-6-9(10(15)16)13-11(17)14(6)8-4-2-7(12)3-5-8/h2-5H,1H3,(H,13,17)(H,15,16). The summed E-state index contributed by atoms with van der Waals surface area (Å²) in [5, 5.41) is 9.44. The predicted molar refractivity (Wildman–Crippen MR) is 63.1 cm³/mol. The largest absolute Gasteiger partial charge is 0.477 e. The zero-order valence-corrected chi connectivity index (χ0v) is 9.65. The number of benzene rings is 1. The lowest BCUT2D eigenvalue weighted by atomic mass is 10.3. The lowest BCUT2D eigenvalue weighted by Crippen LogP contribution is -2.15. The third-order valence-corrected chi connectivity index (χ3v) is 2.68. The van der Waals surface area contributed by atoms with Crippen molar-refractivity contribution in [2.75, 3.05) is 0 Å². The number of hydrogen-bond acceptors (Lipinski definition) is 2. The fourth-order valence-electron chi connectivity index (χ4n) is 1.63. The van der Waals surface area contributed by atoms with Crippen molar-refractivity contribution >= 4 is 17.6 Å². The summed E-state index contributed by atoms with van der Waals surface area (Å²) in [5.41, 5.74) is 0.331. The molecule has 0 aliphatic rings. The van der Waals surface area contributed by atoms with Crippen molar-refractivity contribution in [1.82, 2.24) is 9.55 Å². The van der Waals surface area contributed by atoms with Crippen LogP contribution in [0.25, 0.3) is 5.69 Å². The number of carboxylic acids is 1. The van der Waals surface area contributed by atoms with Crippen LogP contribution in [0.3, 0.4) is 0 Å². The molecule has 0 fully saturated rings. The number of hydrogen-bond donors (Lipinski definition) is 2. The van der Waals surface area contributed by atoms with E-state index >= 15 is 0 Å². The number of nitrogens with zero attached hydrogens (tertiary/aromatic N) is 1. The number of aromatic nitrogens is 2. The summed E-state index contributed by atoms with van der Waals surface area (Å²) >= 11 is 5.75. The van der Waals surface area contributed by atoms with Gasteiger partial charge in [-0.25, -0.2) is 9.59 Å². The van der Waals surface area contributed by atoms with Crippen LogP contribution in [0.2, 0.25) is 5.02 Å². The topological polar surface area (TPSA) is 75.1 Å². The van der Waals surface area contributed by atoms with Gasteiger partial charge in [0.2, 0.25) is 0 Å². The summed E-state index contributed by atoms with van der Waals surface area (Å²) < 4.78 is 1.29. The third kappa shape index (κ3) is 1.97. The molecule has 88 valence electrons. The summed E-state index contributed by atoms with van der Waals surface area (Å²) in [6.45, 7) is 1.57. The first-order valence-electron chi connectivity index (χ1n) is 4.81. The molecular weight excluding hydrogens is 244 g/mol.